The maximum absolute atomic E-state index is 12.5. The summed E-state index contributed by atoms with van der Waals surface area (Å²) in [5, 5.41) is 12.3. The fraction of sp³-hybridized carbons (Fsp3) is 0.500. The van der Waals surface area contributed by atoms with Crippen LogP contribution in [0.3, 0.4) is 0 Å². The van der Waals surface area contributed by atoms with Crippen molar-refractivity contribution in [2.75, 3.05) is 13.1 Å². The third kappa shape index (κ3) is 3.56. The standard InChI is InChI=1S/C16H22N6O/c1-12-7-8-21(14(9-12)10-17)15(23)11-22-19-16(18-20-22)13-5-3-2-4-6-13/h2-6,12,14H,7-11,17H2,1H3. The first kappa shape index (κ1) is 15.6. The molecule has 2 heterocycles. The predicted octanol–water partition coefficient (Wildman–Crippen LogP) is 0.926. The Morgan fingerprint density at radius 1 is 1.35 bits per heavy atom. The van der Waals surface area contributed by atoms with Gasteiger partial charge in [0.2, 0.25) is 11.7 Å². The first-order valence-electron chi connectivity index (χ1n) is 8.00. The molecule has 0 bridgehead atoms. The molecule has 0 spiro atoms. The van der Waals surface area contributed by atoms with E-state index in [1.54, 1.807) is 0 Å². The minimum absolute atomic E-state index is 0.00404. The highest BCUT2D eigenvalue weighted by atomic mass is 16.2. The molecule has 2 aromatic rings. The zero-order valence-electron chi connectivity index (χ0n) is 13.3. The number of likely N-dealkylation sites (tertiary alicyclic amines) is 1. The van der Waals surface area contributed by atoms with Crippen LogP contribution in [-0.4, -0.2) is 50.1 Å². The summed E-state index contributed by atoms with van der Waals surface area (Å²) >= 11 is 0. The van der Waals surface area contributed by atoms with Crippen LogP contribution in [-0.2, 0) is 11.3 Å². The Bertz CT molecular complexity index is 656. The summed E-state index contributed by atoms with van der Waals surface area (Å²) in [6.07, 6.45) is 1.98. The van der Waals surface area contributed by atoms with Crippen LogP contribution < -0.4 is 5.73 Å². The molecule has 3 rings (SSSR count). The predicted molar refractivity (Wildman–Crippen MR) is 86.2 cm³/mol. The molecule has 1 aromatic carbocycles. The van der Waals surface area contributed by atoms with E-state index in [1.165, 1.54) is 4.80 Å². The van der Waals surface area contributed by atoms with E-state index in [0.717, 1.165) is 24.9 Å². The van der Waals surface area contributed by atoms with Gasteiger partial charge in [-0.1, -0.05) is 37.3 Å². The number of rotatable bonds is 4. The molecule has 0 aliphatic carbocycles. The highest BCUT2D eigenvalue weighted by Crippen LogP contribution is 2.22. The molecule has 2 unspecified atom stereocenters. The van der Waals surface area contributed by atoms with Gasteiger partial charge in [0.05, 0.1) is 0 Å². The van der Waals surface area contributed by atoms with Crippen LogP contribution in [0.5, 0.6) is 0 Å². The van der Waals surface area contributed by atoms with Crippen molar-refractivity contribution in [2.24, 2.45) is 11.7 Å². The smallest absolute Gasteiger partial charge is 0.246 e. The van der Waals surface area contributed by atoms with Crippen molar-refractivity contribution >= 4 is 5.91 Å². The lowest BCUT2D eigenvalue weighted by Gasteiger charge is -2.37. The molecule has 1 aliphatic heterocycles. The van der Waals surface area contributed by atoms with E-state index in [2.05, 4.69) is 22.3 Å². The van der Waals surface area contributed by atoms with E-state index in [4.69, 9.17) is 5.73 Å². The molecule has 23 heavy (non-hydrogen) atoms. The van der Waals surface area contributed by atoms with Crippen molar-refractivity contribution in [2.45, 2.75) is 32.4 Å². The Labute approximate surface area is 135 Å². The van der Waals surface area contributed by atoms with Gasteiger partial charge in [-0.2, -0.15) is 4.80 Å². The normalized spacial score (nSPS) is 21.4. The van der Waals surface area contributed by atoms with Crippen LogP contribution in [0.25, 0.3) is 11.4 Å². The summed E-state index contributed by atoms with van der Waals surface area (Å²) in [7, 11) is 0. The Balaban J connectivity index is 1.67. The molecule has 0 radical (unpaired) electrons. The van der Waals surface area contributed by atoms with Gasteiger partial charge in [0, 0.05) is 24.7 Å². The number of nitrogens with two attached hydrogens (primary N) is 1. The highest BCUT2D eigenvalue weighted by molar-refractivity contribution is 5.76. The molecule has 1 aliphatic rings. The van der Waals surface area contributed by atoms with E-state index in [-0.39, 0.29) is 18.5 Å². The fourth-order valence-electron chi connectivity index (χ4n) is 3.03. The van der Waals surface area contributed by atoms with Gasteiger partial charge < -0.3 is 10.6 Å². The van der Waals surface area contributed by atoms with Gasteiger partial charge in [-0.15, -0.1) is 10.2 Å². The zero-order chi connectivity index (χ0) is 16.2. The second-order valence-corrected chi connectivity index (χ2v) is 6.12. The minimum atomic E-state index is 0.00404. The number of aromatic nitrogens is 4. The van der Waals surface area contributed by atoms with Crippen molar-refractivity contribution < 1.29 is 4.79 Å². The van der Waals surface area contributed by atoms with Gasteiger partial charge in [0.15, 0.2) is 0 Å². The number of nitrogens with zero attached hydrogens (tertiary/aromatic N) is 5. The maximum atomic E-state index is 12.5. The van der Waals surface area contributed by atoms with Crippen molar-refractivity contribution in [1.29, 1.82) is 0 Å². The number of piperidine rings is 1. The lowest BCUT2D eigenvalue weighted by atomic mass is 9.92. The van der Waals surface area contributed by atoms with Gasteiger partial charge in [-0.05, 0) is 24.0 Å². The third-order valence-electron chi connectivity index (χ3n) is 4.33. The number of hydrogen-bond donors (Lipinski definition) is 1. The molecule has 0 saturated carbocycles. The lowest BCUT2D eigenvalue weighted by Crippen LogP contribution is -2.50. The molecule has 1 aromatic heterocycles. The highest BCUT2D eigenvalue weighted by Gasteiger charge is 2.29. The first-order valence-corrected chi connectivity index (χ1v) is 8.00. The number of carbonyl (C=O) groups excluding carboxylic acids is 1. The molecule has 1 saturated heterocycles. The summed E-state index contributed by atoms with van der Waals surface area (Å²) in [5.74, 6) is 1.15. The van der Waals surface area contributed by atoms with E-state index >= 15 is 0 Å². The fourth-order valence-corrected chi connectivity index (χ4v) is 3.03. The summed E-state index contributed by atoms with van der Waals surface area (Å²) in [5.41, 5.74) is 6.71. The molecule has 2 N–H and O–H groups in total. The van der Waals surface area contributed by atoms with Gasteiger partial charge >= 0.3 is 0 Å². The Morgan fingerprint density at radius 3 is 2.87 bits per heavy atom. The van der Waals surface area contributed by atoms with E-state index in [9.17, 15) is 4.79 Å². The van der Waals surface area contributed by atoms with Crippen molar-refractivity contribution in [3.8, 4) is 11.4 Å². The van der Waals surface area contributed by atoms with Crippen LogP contribution in [0.1, 0.15) is 19.8 Å². The second kappa shape index (κ2) is 6.87. The van der Waals surface area contributed by atoms with Crippen molar-refractivity contribution in [3.05, 3.63) is 30.3 Å². The minimum Gasteiger partial charge on any atom is -0.337 e. The van der Waals surface area contributed by atoms with E-state index < -0.39 is 0 Å². The molecular weight excluding hydrogens is 292 g/mol. The molecule has 7 heteroatoms. The van der Waals surface area contributed by atoms with Crippen LogP contribution in [0.4, 0.5) is 0 Å². The number of hydrogen-bond acceptors (Lipinski definition) is 5. The van der Waals surface area contributed by atoms with Crippen LogP contribution >= 0.6 is 0 Å². The maximum Gasteiger partial charge on any atom is 0.246 e. The number of tetrazole rings is 1. The van der Waals surface area contributed by atoms with E-state index in [0.29, 0.717) is 18.3 Å². The monoisotopic (exact) mass is 314 g/mol. The summed E-state index contributed by atoms with van der Waals surface area (Å²) in [4.78, 5) is 15.8. The van der Waals surface area contributed by atoms with Gasteiger partial charge in [-0.3, -0.25) is 4.79 Å². The van der Waals surface area contributed by atoms with E-state index in [1.807, 2.05) is 35.2 Å². The van der Waals surface area contributed by atoms with Crippen molar-refractivity contribution in [1.82, 2.24) is 25.1 Å². The molecule has 1 amide bonds. The summed E-state index contributed by atoms with van der Waals surface area (Å²) in [6, 6.07) is 9.72. The number of carbonyl (C=O) groups is 1. The molecule has 7 nitrogen and oxygen atoms in total. The third-order valence-corrected chi connectivity index (χ3v) is 4.33. The van der Waals surface area contributed by atoms with Crippen LogP contribution in [0.2, 0.25) is 0 Å². The Hall–Kier alpha value is -2.28. The number of benzene rings is 1. The SMILES string of the molecule is CC1CCN(C(=O)Cn2nnc(-c3ccccc3)n2)C(CN)C1. The van der Waals surface area contributed by atoms with Gasteiger partial charge in [0.1, 0.15) is 6.54 Å². The van der Waals surface area contributed by atoms with Crippen LogP contribution in [0, 0.1) is 5.92 Å². The largest absolute Gasteiger partial charge is 0.337 e. The summed E-state index contributed by atoms with van der Waals surface area (Å²) in [6.45, 7) is 3.55. The molecule has 122 valence electrons. The first-order chi connectivity index (χ1) is 11.2. The molecule has 2 atom stereocenters. The van der Waals surface area contributed by atoms with Crippen LogP contribution in [0.15, 0.2) is 30.3 Å². The Morgan fingerprint density at radius 2 is 2.13 bits per heavy atom. The zero-order valence-corrected chi connectivity index (χ0v) is 13.3. The average molecular weight is 314 g/mol. The topological polar surface area (TPSA) is 89.9 Å². The van der Waals surface area contributed by atoms with Gasteiger partial charge in [-0.25, -0.2) is 0 Å². The molecule has 1 fully saturated rings. The average Bonchev–Trinajstić information content (AvgIpc) is 3.04. The molecular formula is C16H22N6O. The van der Waals surface area contributed by atoms with Crippen molar-refractivity contribution in [3.63, 3.8) is 0 Å². The Kier molecular flexibility index (Phi) is 4.66. The second-order valence-electron chi connectivity index (χ2n) is 6.12. The van der Waals surface area contributed by atoms with Gasteiger partial charge in [0.25, 0.3) is 0 Å². The quantitative estimate of drug-likeness (QED) is 0.906. The number of amides is 1. The summed E-state index contributed by atoms with van der Waals surface area (Å²) < 4.78 is 0. The lowest BCUT2D eigenvalue weighted by molar-refractivity contribution is -0.136.